The number of hydrogen-bond acceptors (Lipinski definition) is 5. The zero-order chi connectivity index (χ0) is 20.7. The van der Waals surface area contributed by atoms with E-state index in [-0.39, 0.29) is 5.91 Å². The van der Waals surface area contributed by atoms with Crippen LogP contribution in [0, 0.1) is 6.92 Å². The average Bonchev–Trinajstić information content (AvgIpc) is 3.32. The Morgan fingerprint density at radius 1 is 1.17 bits per heavy atom. The molecule has 1 aliphatic rings. The van der Waals surface area contributed by atoms with Gasteiger partial charge in [-0.05, 0) is 43.8 Å². The van der Waals surface area contributed by atoms with E-state index >= 15 is 0 Å². The van der Waals surface area contributed by atoms with Crippen LogP contribution in [0.2, 0.25) is 0 Å². The second-order valence-electron chi connectivity index (χ2n) is 7.50. The van der Waals surface area contributed by atoms with Gasteiger partial charge in [0.1, 0.15) is 5.82 Å². The van der Waals surface area contributed by atoms with Crippen LogP contribution in [-0.2, 0) is 13.0 Å². The molecular weight excluding hydrogens is 394 g/mol. The number of imidazole rings is 1. The number of nitrogens with zero attached hydrogens (tertiary/aromatic N) is 4. The number of aromatic nitrogens is 3. The maximum atomic E-state index is 12.9. The van der Waals surface area contributed by atoms with E-state index in [1.807, 2.05) is 43.3 Å². The standard InChI is InChI=1S/C23H23N5OS/c1-3-27-12-11-18-21(14-27)30-23(25-18)26-22(29)16-9-10-20-19(13-16)24-15(2)28(20)17-7-5-4-6-8-17/h4-10,13H,3,11-12,14H2,1-2H3,(H,25,26,29). The van der Waals surface area contributed by atoms with Crippen LogP contribution in [0.4, 0.5) is 5.13 Å². The van der Waals surface area contributed by atoms with Gasteiger partial charge in [-0.25, -0.2) is 9.97 Å². The molecule has 152 valence electrons. The second kappa shape index (κ2) is 7.66. The molecule has 0 aliphatic carbocycles. The normalized spacial score (nSPS) is 14.1. The largest absolute Gasteiger partial charge is 0.298 e. The van der Waals surface area contributed by atoms with E-state index in [0.717, 1.165) is 54.3 Å². The van der Waals surface area contributed by atoms with Gasteiger partial charge in [-0.3, -0.25) is 19.6 Å². The van der Waals surface area contributed by atoms with Crippen molar-refractivity contribution in [2.24, 2.45) is 0 Å². The van der Waals surface area contributed by atoms with Gasteiger partial charge in [-0.15, -0.1) is 11.3 Å². The van der Waals surface area contributed by atoms with Crippen molar-refractivity contribution < 1.29 is 4.79 Å². The van der Waals surface area contributed by atoms with Gasteiger partial charge >= 0.3 is 0 Å². The number of carbonyl (C=O) groups excluding carboxylic acids is 1. The zero-order valence-corrected chi connectivity index (χ0v) is 17.9. The number of nitrogens with one attached hydrogen (secondary N) is 1. The van der Waals surface area contributed by atoms with E-state index in [4.69, 9.17) is 0 Å². The lowest BCUT2D eigenvalue weighted by molar-refractivity contribution is 0.102. The van der Waals surface area contributed by atoms with E-state index < -0.39 is 0 Å². The maximum Gasteiger partial charge on any atom is 0.257 e. The Morgan fingerprint density at radius 2 is 2.00 bits per heavy atom. The fraction of sp³-hybridized carbons (Fsp3) is 0.261. The topological polar surface area (TPSA) is 63.1 Å². The third kappa shape index (κ3) is 3.40. The van der Waals surface area contributed by atoms with Crippen LogP contribution < -0.4 is 5.32 Å². The molecule has 3 heterocycles. The summed E-state index contributed by atoms with van der Waals surface area (Å²) >= 11 is 1.58. The highest BCUT2D eigenvalue weighted by Crippen LogP contribution is 2.29. The molecule has 1 N–H and O–H groups in total. The molecule has 30 heavy (non-hydrogen) atoms. The quantitative estimate of drug-likeness (QED) is 0.534. The number of fused-ring (bicyclic) bond motifs is 2. The molecule has 2 aromatic heterocycles. The molecule has 6 nitrogen and oxygen atoms in total. The number of para-hydroxylation sites is 1. The number of rotatable bonds is 4. The molecule has 1 amide bonds. The first-order chi connectivity index (χ1) is 14.6. The summed E-state index contributed by atoms with van der Waals surface area (Å²) in [6.45, 7) is 7.13. The Labute approximate surface area is 179 Å². The lowest BCUT2D eigenvalue weighted by Crippen LogP contribution is -2.29. The van der Waals surface area contributed by atoms with Crippen LogP contribution in [0.3, 0.4) is 0 Å². The predicted molar refractivity (Wildman–Crippen MR) is 121 cm³/mol. The Balaban J connectivity index is 1.40. The van der Waals surface area contributed by atoms with Crippen molar-refractivity contribution in [3.8, 4) is 5.69 Å². The number of thiazole rings is 1. The van der Waals surface area contributed by atoms with Gasteiger partial charge in [-0.1, -0.05) is 25.1 Å². The summed E-state index contributed by atoms with van der Waals surface area (Å²) in [4.78, 5) is 25.8. The van der Waals surface area contributed by atoms with E-state index in [9.17, 15) is 4.79 Å². The monoisotopic (exact) mass is 417 g/mol. The van der Waals surface area contributed by atoms with Gasteiger partial charge in [0.25, 0.3) is 5.91 Å². The molecule has 0 radical (unpaired) electrons. The highest BCUT2D eigenvalue weighted by molar-refractivity contribution is 7.15. The van der Waals surface area contributed by atoms with Crippen LogP contribution in [0.5, 0.6) is 0 Å². The van der Waals surface area contributed by atoms with Crippen LogP contribution in [0.15, 0.2) is 48.5 Å². The fourth-order valence-corrected chi connectivity index (χ4v) is 5.03. The Morgan fingerprint density at radius 3 is 2.80 bits per heavy atom. The van der Waals surface area contributed by atoms with E-state index in [1.54, 1.807) is 11.3 Å². The lowest BCUT2D eigenvalue weighted by Gasteiger charge is -2.23. The van der Waals surface area contributed by atoms with Crippen molar-refractivity contribution in [1.29, 1.82) is 0 Å². The summed E-state index contributed by atoms with van der Waals surface area (Å²) in [5.74, 6) is 0.740. The van der Waals surface area contributed by atoms with Crippen molar-refractivity contribution in [2.75, 3.05) is 18.4 Å². The van der Waals surface area contributed by atoms with Gasteiger partial charge in [0.05, 0.1) is 16.7 Å². The minimum Gasteiger partial charge on any atom is -0.298 e. The molecule has 0 unspecified atom stereocenters. The predicted octanol–water partition coefficient (Wildman–Crippen LogP) is 4.42. The van der Waals surface area contributed by atoms with Crippen LogP contribution >= 0.6 is 11.3 Å². The number of hydrogen-bond donors (Lipinski definition) is 1. The molecule has 0 atom stereocenters. The molecule has 0 fully saturated rings. The van der Waals surface area contributed by atoms with Gasteiger partial charge in [0.15, 0.2) is 5.13 Å². The van der Waals surface area contributed by atoms with Gasteiger partial charge in [0, 0.05) is 35.6 Å². The van der Waals surface area contributed by atoms with Crippen molar-refractivity contribution in [1.82, 2.24) is 19.4 Å². The highest BCUT2D eigenvalue weighted by Gasteiger charge is 2.21. The molecule has 0 spiro atoms. The van der Waals surface area contributed by atoms with E-state index in [0.29, 0.717) is 10.7 Å². The maximum absolute atomic E-state index is 12.9. The summed E-state index contributed by atoms with van der Waals surface area (Å²) in [5.41, 5.74) is 4.56. The fourth-order valence-electron chi connectivity index (χ4n) is 3.99. The summed E-state index contributed by atoms with van der Waals surface area (Å²) in [6.07, 6.45) is 0.942. The van der Waals surface area contributed by atoms with Crippen LogP contribution in [0.1, 0.15) is 33.7 Å². The molecule has 1 aliphatic heterocycles. The first-order valence-corrected chi connectivity index (χ1v) is 11.0. The molecule has 0 saturated heterocycles. The van der Waals surface area contributed by atoms with E-state index in [2.05, 4.69) is 43.8 Å². The molecular formula is C23H23N5OS. The van der Waals surface area contributed by atoms with Crippen LogP contribution in [0.25, 0.3) is 16.7 Å². The third-order valence-corrected chi connectivity index (χ3v) is 6.57. The third-order valence-electron chi connectivity index (χ3n) is 5.58. The molecule has 7 heteroatoms. The van der Waals surface area contributed by atoms with E-state index in [1.165, 1.54) is 4.88 Å². The summed E-state index contributed by atoms with van der Waals surface area (Å²) in [6, 6.07) is 15.8. The average molecular weight is 418 g/mol. The molecule has 5 rings (SSSR count). The molecule has 0 saturated carbocycles. The number of anilines is 1. The number of aryl methyl sites for hydroxylation is 1. The minimum absolute atomic E-state index is 0.151. The number of likely N-dealkylation sites (N-methyl/N-ethyl adjacent to an activating group) is 1. The van der Waals surface area contributed by atoms with Crippen LogP contribution in [-0.4, -0.2) is 38.4 Å². The Bertz CT molecular complexity index is 1230. The van der Waals surface area contributed by atoms with Gasteiger partial charge in [0.2, 0.25) is 0 Å². The SMILES string of the molecule is CCN1CCc2nc(NC(=O)c3ccc4c(c3)nc(C)n4-c3ccccc3)sc2C1. The van der Waals surface area contributed by atoms with Gasteiger partial charge in [-0.2, -0.15) is 0 Å². The first-order valence-electron chi connectivity index (χ1n) is 10.2. The lowest BCUT2D eigenvalue weighted by atomic mass is 10.2. The molecule has 0 bridgehead atoms. The van der Waals surface area contributed by atoms with Crippen molar-refractivity contribution >= 4 is 33.4 Å². The summed E-state index contributed by atoms with van der Waals surface area (Å²) in [7, 11) is 0. The summed E-state index contributed by atoms with van der Waals surface area (Å²) < 4.78 is 2.10. The zero-order valence-electron chi connectivity index (χ0n) is 17.1. The summed E-state index contributed by atoms with van der Waals surface area (Å²) in [5, 5.41) is 3.66. The second-order valence-corrected chi connectivity index (χ2v) is 8.58. The number of benzene rings is 2. The van der Waals surface area contributed by atoms with Gasteiger partial charge < -0.3 is 0 Å². The number of carbonyl (C=O) groups is 1. The smallest absolute Gasteiger partial charge is 0.257 e. The highest BCUT2D eigenvalue weighted by atomic mass is 32.1. The first kappa shape index (κ1) is 19.0. The van der Waals surface area contributed by atoms with Crippen molar-refractivity contribution in [2.45, 2.75) is 26.8 Å². The molecule has 2 aromatic carbocycles. The minimum atomic E-state index is -0.151. The van der Waals surface area contributed by atoms with Crippen molar-refractivity contribution in [3.63, 3.8) is 0 Å². The Hall–Kier alpha value is -3.03. The number of amides is 1. The Kier molecular flexibility index (Phi) is 4.84. The van der Waals surface area contributed by atoms with Crippen molar-refractivity contribution in [3.05, 3.63) is 70.5 Å². The molecule has 4 aromatic rings.